The van der Waals surface area contributed by atoms with Gasteiger partial charge in [-0.1, -0.05) is 12.1 Å². The highest BCUT2D eigenvalue weighted by molar-refractivity contribution is 5.87. The van der Waals surface area contributed by atoms with Crippen molar-refractivity contribution in [1.82, 2.24) is 0 Å². The number of esters is 1. The van der Waals surface area contributed by atoms with Gasteiger partial charge in [0.05, 0.1) is 19.8 Å². The van der Waals surface area contributed by atoms with Gasteiger partial charge in [-0.3, -0.25) is 0 Å². The highest BCUT2D eigenvalue weighted by atomic mass is 16.8. The van der Waals surface area contributed by atoms with E-state index in [4.69, 9.17) is 47.4 Å². The van der Waals surface area contributed by atoms with Crippen LogP contribution in [0.4, 0.5) is 0 Å². The second-order valence-corrected chi connectivity index (χ2v) is 17.8. The Morgan fingerprint density at radius 2 is 1.23 bits per heavy atom. The molecule has 4 saturated heterocycles. The van der Waals surface area contributed by atoms with Crippen molar-refractivity contribution < 1.29 is 134 Å². The van der Waals surface area contributed by atoms with Crippen molar-refractivity contribution in [2.75, 3.05) is 26.4 Å². The fourth-order valence-electron chi connectivity index (χ4n) is 8.44. The Hall–Kier alpha value is -5.51. The number of benzene rings is 2. The van der Waals surface area contributed by atoms with Crippen LogP contribution in [0.3, 0.4) is 0 Å². The molecule has 27 nitrogen and oxygen atoms in total. The van der Waals surface area contributed by atoms with Gasteiger partial charge in [0.15, 0.2) is 35.4 Å². The molecule has 4 fully saturated rings. The van der Waals surface area contributed by atoms with Gasteiger partial charge in [-0.05, 0) is 48.0 Å². The van der Waals surface area contributed by atoms with E-state index in [0.29, 0.717) is 5.56 Å². The average Bonchev–Trinajstić information content (AvgIpc) is 3.38. The topological polar surface area (TPSA) is 433 Å². The van der Waals surface area contributed by atoms with Gasteiger partial charge in [-0.2, -0.15) is 0 Å². The van der Waals surface area contributed by atoms with Crippen LogP contribution in [0.25, 0.3) is 11.8 Å². The first-order valence-electron chi connectivity index (χ1n) is 22.9. The number of carbonyl (C=O) groups is 1. The Labute approximate surface area is 418 Å². The van der Waals surface area contributed by atoms with Gasteiger partial charge in [-0.15, -0.1) is 0 Å². The van der Waals surface area contributed by atoms with Crippen molar-refractivity contribution in [3.63, 3.8) is 0 Å². The number of hydrogen-bond acceptors (Lipinski definition) is 27. The van der Waals surface area contributed by atoms with Gasteiger partial charge < -0.3 is 129 Å². The quantitative estimate of drug-likeness (QED) is 0.0451. The molecule has 0 aromatic heterocycles. The zero-order valence-corrected chi connectivity index (χ0v) is 38.4. The maximum atomic E-state index is 13.1. The standard InChI is InChI=1S/C47H56O27/c48-13-28-33(56)36(59)40(63)45(71-28)67-20-5-1-17(2-6-20)3-8-31(54)65-16-30-35(58)38(61)43(74-44-39(62)32(55)24(53)15-66-44)47(73-30)70-27-12-21-25(68-42(27)18-4-7-22(51)23(52)9-18)10-19(50)11-26(21)69-46-41(64)37(60)34(57)29(14-49)72-46/h1-12,24-25,28-30,32-41,43-53,55-64H,13-16H2/b8-3+/t24-,25?,28?,29?,30?,32-,33-,34-,35-,36?,37?,38?,39?,40+,41+,43+,44+,45-,46-,47-/m1/s1. The Morgan fingerprint density at radius 1 is 0.622 bits per heavy atom. The minimum absolute atomic E-state index is 0.00764. The number of allylic oxidation sites excluding steroid dienone is 2. The number of aliphatic hydroxyl groups excluding tert-OH is 14. The number of aliphatic hydroxyl groups is 14. The van der Waals surface area contributed by atoms with Gasteiger partial charge in [0, 0.05) is 29.4 Å². The predicted molar refractivity (Wildman–Crippen MR) is 239 cm³/mol. The number of hydrogen-bond donors (Lipinski definition) is 16. The molecule has 0 saturated carbocycles. The van der Waals surface area contributed by atoms with E-state index in [1.54, 1.807) is 0 Å². The molecule has 0 radical (unpaired) electrons. The van der Waals surface area contributed by atoms with Gasteiger partial charge in [-0.25, -0.2) is 4.79 Å². The van der Waals surface area contributed by atoms with Crippen LogP contribution in [0.1, 0.15) is 11.1 Å². The molecule has 16 N–H and O–H groups in total. The van der Waals surface area contributed by atoms with Crippen molar-refractivity contribution in [1.29, 1.82) is 0 Å². The van der Waals surface area contributed by atoms with Crippen LogP contribution in [0.2, 0.25) is 0 Å². The molecule has 20 atom stereocenters. The van der Waals surface area contributed by atoms with E-state index in [9.17, 15) is 86.5 Å². The Bertz CT molecular complexity index is 2440. The first kappa shape index (κ1) is 54.7. The molecule has 5 heterocycles. The van der Waals surface area contributed by atoms with Crippen molar-refractivity contribution in [3.8, 4) is 17.2 Å². The van der Waals surface area contributed by atoms with E-state index in [1.165, 1.54) is 48.6 Å². The number of ether oxygens (including phenoxy) is 10. The van der Waals surface area contributed by atoms with Gasteiger partial charge in [0.1, 0.15) is 115 Å². The zero-order valence-electron chi connectivity index (χ0n) is 38.4. The van der Waals surface area contributed by atoms with E-state index < -0.39 is 172 Å². The molecule has 8 unspecified atom stereocenters. The smallest absolute Gasteiger partial charge is 0.330 e. The molecule has 6 aliphatic rings. The highest BCUT2D eigenvalue weighted by Crippen LogP contribution is 2.42. The minimum atomic E-state index is -2.05. The molecular formula is C47H56O27. The van der Waals surface area contributed by atoms with E-state index in [1.807, 2.05) is 0 Å². The lowest BCUT2D eigenvalue weighted by molar-refractivity contribution is -0.351. The summed E-state index contributed by atoms with van der Waals surface area (Å²) in [5, 5.41) is 167. The number of fused-ring (bicyclic) bond motifs is 1. The maximum Gasteiger partial charge on any atom is 0.330 e. The first-order valence-corrected chi connectivity index (χ1v) is 22.9. The summed E-state index contributed by atoms with van der Waals surface area (Å²) in [4.78, 5) is 13.1. The van der Waals surface area contributed by atoms with Crippen LogP contribution in [0.5, 0.6) is 17.2 Å². The van der Waals surface area contributed by atoms with Crippen molar-refractivity contribution >= 4 is 17.8 Å². The second-order valence-electron chi connectivity index (χ2n) is 17.8. The molecule has 27 heteroatoms. The first-order chi connectivity index (χ1) is 35.3. The lowest BCUT2D eigenvalue weighted by Gasteiger charge is -2.45. The number of carbonyl (C=O) groups excluding carboxylic acids is 1. The van der Waals surface area contributed by atoms with E-state index >= 15 is 0 Å². The van der Waals surface area contributed by atoms with Crippen LogP contribution >= 0.6 is 0 Å². The lowest BCUT2D eigenvalue weighted by Crippen LogP contribution is -2.63. The van der Waals surface area contributed by atoms with E-state index in [0.717, 1.165) is 24.3 Å². The number of phenols is 2. The third kappa shape index (κ3) is 11.6. The largest absolute Gasteiger partial charge is 0.508 e. The molecule has 74 heavy (non-hydrogen) atoms. The molecule has 0 bridgehead atoms. The van der Waals surface area contributed by atoms with Gasteiger partial charge >= 0.3 is 5.97 Å². The summed E-state index contributed by atoms with van der Waals surface area (Å²) in [5.41, 5.74) is 0.421. The fraction of sp³-hybridized carbons (Fsp3) is 0.511. The van der Waals surface area contributed by atoms with Crippen LogP contribution in [-0.4, -0.2) is 237 Å². The third-order valence-corrected chi connectivity index (χ3v) is 12.7. The normalized spacial score (nSPS) is 38.5. The van der Waals surface area contributed by atoms with Crippen LogP contribution in [0, 0.1) is 0 Å². The van der Waals surface area contributed by atoms with Gasteiger partial charge in [0.25, 0.3) is 0 Å². The molecule has 2 aromatic carbocycles. The fourth-order valence-corrected chi connectivity index (χ4v) is 8.44. The van der Waals surface area contributed by atoms with Crippen molar-refractivity contribution in [3.05, 3.63) is 101 Å². The lowest BCUT2D eigenvalue weighted by atomic mass is 9.96. The van der Waals surface area contributed by atoms with Crippen molar-refractivity contribution in [2.24, 2.45) is 0 Å². The van der Waals surface area contributed by atoms with E-state index in [2.05, 4.69) is 0 Å². The summed E-state index contributed by atoms with van der Waals surface area (Å²) in [6, 6.07) is 9.28. The van der Waals surface area contributed by atoms with Crippen LogP contribution < -0.4 is 4.74 Å². The van der Waals surface area contributed by atoms with Crippen LogP contribution in [-0.2, 0) is 47.4 Å². The van der Waals surface area contributed by atoms with E-state index in [-0.39, 0.29) is 34.2 Å². The summed E-state index contributed by atoms with van der Waals surface area (Å²) in [6.07, 6.45) is -28.3. The Kier molecular flexibility index (Phi) is 17.1. The Morgan fingerprint density at radius 3 is 1.86 bits per heavy atom. The molecular weight excluding hydrogens is 996 g/mol. The maximum absolute atomic E-state index is 13.1. The van der Waals surface area contributed by atoms with Gasteiger partial charge in [0.2, 0.25) is 18.9 Å². The molecule has 1 aliphatic carbocycles. The molecule has 2 aromatic rings. The summed E-state index contributed by atoms with van der Waals surface area (Å²) >= 11 is 0. The number of rotatable bonds is 15. The predicted octanol–water partition coefficient (Wildman–Crippen LogP) is -5.03. The van der Waals surface area contributed by atoms with Crippen LogP contribution in [0.15, 0.2) is 89.6 Å². The molecule has 8 rings (SSSR count). The molecule has 406 valence electrons. The minimum Gasteiger partial charge on any atom is -0.508 e. The molecule has 0 amide bonds. The number of aromatic hydroxyl groups is 2. The highest BCUT2D eigenvalue weighted by Gasteiger charge is 2.52. The third-order valence-electron chi connectivity index (χ3n) is 12.7. The summed E-state index contributed by atoms with van der Waals surface area (Å²) in [5.74, 6) is -3.39. The second kappa shape index (κ2) is 23.2. The monoisotopic (exact) mass is 1050 g/mol. The summed E-state index contributed by atoms with van der Waals surface area (Å²) in [6.45, 7) is -2.79. The Balaban J connectivity index is 1.04. The summed E-state index contributed by atoms with van der Waals surface area (Å²) < 4.78 is 57.7. The zero-order chi connectivity index (χ0) is 53.3. The summed E-state index contributed by atoms with van der Waals surface area (Å²) in [7, 11) is 0. The average molecular weight is 1050 g/mol. The molecule has 0 spiro atoms. The SMILES string of the molecule is O=C(/C=C/c1ccc(O[C@@H]2OC(CO)[C@@H](O)C(O)[C@@H]2O)cc1)OCC1O[C@@H](OC2=C(c3ccc(O)c(O)c3)OC3C=C(O)C=C(O[C@@H]4OC(CO)[C@@H](O)C(O)[C@@H]4O)C3=C2)[C@@H](O[C@@H]2OC[C@@H](O)[C@@H](O)C2O)C(O)[C@@H]1O. The molecule has 5 aliphatic heterocycles. The van der Waals surface area contributed by atoms with Crippen molar-refractivity contribution in [2.45, 2.75) is 123 Å². The number of phenolic OH excluding ortho intramolecular Hbond substituents is 2.